The molecular formula is C19H29N3O2. The molecule has 0 fully saturated rings. The molecule has 0 spiro atoms. The van der Waals surface area contributed by atoms with Crippen molar-refractivity contribution in [3.63, 3.8) is 0 Å². The van der Waals surface area contributed by atoms with E-state index in [1.54, 1.807) is 16.3 Å². The second-order valence-corrected chi connectivity index (χ2v) is 6.15. The van der Waals surface area contributed by atoms with Gasteiger partial charge < -0.3 is 4.90 Å². The van der Waals surface area contributed by atoms with Gasteiger partial charge in [-0.1, -0.05) is 33.8 Å². The minimum atomic E-state index is -0.402. The summed E-state index contributed by atoms with van der Waals surface area (Å²) in [5, 5.41) is 0. The molecule has 0 saturated heterocycles. The van der Waals surface area contributed by atoms with Gasteiger partial charge in [0.25, 0.3) is 5.91 Å². The van der Waals surface area contributed by atoms with Crippen LogP contribution in [-0.4, -0.2) is 39.1 Å². The van der Waals surface area contributed by atoms with Gasteiger partial charge in [-0.25, -0.2) is 4.98 Å². The highest BCUT2D eigenvalue weighted by Gasteiger charge is 2.28. The zero-order valence-corrected chi connectivity index (χ0v) is 15.8. The second-order valence-electron chi connectivity index (χ2n) is 6.15. The molecular weight excluding hydrogens is 302 g/mol. The monoisotopic (exact) mass is 331 g/mol. The fourth-order valence-electron chi connectivity index (χ4n) is 2.72. The summed E-state index contributed by atoms with van der Waals surface area (Å²) in [5.41, 5.74) is 1.93. The maximum atomic E-state index is 12.9. The molecule has 2 aromatic heterocycles. The number of aromatic nitrogens is 2. The summed E-state index contributed by atoms with van der Waals surface area (Å²) < 4.78 is 1.78. The van der Waals surface area contributed by atoms with Crippen LogP contribution < -0.4 is 0 Å². The van der Waals surface area contributed by atoms with Crippen LogP contribution in [0.3, 0.4) is 0 Å². The standard InChI is InChI=1S/C17H23N3O2.C2H6/c1-11(2)10-14(13(4)21)19(5)17(22)16-12(3)18-15-8-6-7-9-20(15)16;1-2/h6-9,11,14H,10H2,1-5H3;1-2H3/t14-;/m1./s1. The summed E-state index contributed by atoms with van der Waals surface area (Å²) in [6.45, 7) is 11.5. The van der Waals surface area contributed by atoms with Crippen molar-refractivity contribution in [2.45, 2.75) is 54.0 Å². The number of likely N-dealkylation sites (N-methyl/N-ethyl adjacent to an activating group) is 1. The fraction of sp³-hybridized carbons (Fsp3) is 0.526. The Balaban J connectivity index is 0.00000139. The largest absolute Gasteiger partial charge is 0.330 e. The Kier molecular flexibility index (Phi) is 7.14. The quantitative estimate of drug-likeness (QED) is 0.838. The van der Waals surface area contributed by atoms with Crippen molar-refractivity contribution in [3.8, 4) is 0 Å². The average Bonchev–Trinajstić information content (AvgIpc) is 2.88. The summed E-state index contributed by atoms with van der Waals surface area (Å²) in [6.07, 6.45) is 2.48. The van der Waals surface area contributed by atoms with Gasteiger partial charge in [0.05, 0.1) is 11.7 Å². The number of fused-ring (bicyclic) bond motifs is 1. The van der Waals surface area contributed by atoms with E-state index in [9.17, 15) is 9.59 Å². The first-order valence-electron chi connectivity index (χ1n) is 8.54. The lowest BCUT2D eigenvalue weighted by Gasteiger charge is -2.27. The molecule has 0 radical (unpaired) electrons. The van der Waals surface area contributed by atoms with Crippen molar-refractivity contribution < 1.29 is 9.59 Å². The predicted molar refractivity (Wildman–Crippen MR) is 97.3 cm³/mol. The van der Waals surface area contributed by atoms with Crippen LogP contribution in [0.15, 0.2) is 24.4 Å². The Morgan fingerprint density at radius 2 is 1.88 bits per heavy atom. The van der Waals surface area contributed by atoms with E-state index in [0.29, 0.717) is 23.7 Å². The van der Waals surface area contributed by atoms with Gasteiger partial charge in [-0.3, -0.25) is 14.0 Å². The van der Waals surface area contributed by atoms with Gasteiger partial charge in [0.1, 0.15) is 11.3 Å². The lowest BCUT2D eigenvalue weighted by atomic mass is 9.99. The van der Waals surface area contributed by atoms with E-state index < -0.39 is 6.04 Å². The van der Waals surface area contributed by atoms with Gasteiger partial charge in [0.15, 0.2) is 5.78 Å². The lowest BCUT2D eigenvalue weighted by Crippen LogP contribution is -2.43. The number of carbonyl (C=O) groups is 2. The molecule has 2 rings (SSSR count). The van der Waals surface area contributed by atoms with Crippen LogP contribution in [0, 0.1) is 12.8 Å². The first-order valence-corrected chi connectivity index (χ1v) is 8.54. The minimum absolute atomic E-state index is 0.0102. The Morgan fingerprint density at radius 1 is 1.25 bits per heavy atom. The average molecular weight is 331 g/mol. The molecule has 0 aliphatic heterocycles. The number of imidazole rings is 1. The first-order chi connectivity index (χ1) is 11.3. The Labute approximate surface area is 144 Å². The Bertz CT molecular complexity index is 704. The number of hydrogen-bond donors (Lipinski definition) is 0. The third-order valence-corrected chi connectivity index (χ3v) is 3.86. The summed E-state index contributed by atoms with van der Waals surface area (Å²) >= 11 is 0. The van der Waals surface area contributed by atoms with Gasteiger partial charge in [-0.05, 0) is 38.3 Å². The summed E-state index contributed by atoms with van der Waals surface area (Å²) in [6, 6.07) is 5.21. The number of amides is 1. The van der Waals surface area contributed by atoms with E-state index in [-0.39, 0.29) is 11.7 Å². The van der Waals surface area contributed by atoms with E-state index in [1.807, 2.05) is 59.0 Å². The SMILES string of the molecule is CC.CC(=O)[C@@H](CC(C)C)N(C)C(=O)c1c(C)nc2ccccn12. The fourth-order valence-corrected chi connectivity index (χ4v) is 2.72. The zero-order chi connectivity index (χ0) is 18.4. The van der Waals surface area contributed by atoms with Gasteiger partial charge in [0.2, 0.25) is 0 Å². The predicted octanol–water partition coefficient (Wildman–Crippen LogP) is 3.74. The Hall–Kier alpha value is -2.17. The summed E-state index contributed by atoms with van der Waals surface area (Å²) in [7, 11) is 1.69. The van der Waals surface area contributed by atoms with Crippen molar-refractivity contribution in [1.29, 1.82) is 0 Å². The summed E-state index contributed by atoms with van der Waals surface area (Å²) in [4.78, 5) is 30.8. The molecule has 5 nitrogen and oxygen atoms in total. The van der Waals surface area contributed by atoms with Crippen molar-refractivity contribution in [3.05, 3.63) is 35.8 Å². The van der Waals surface area contributed by atoms with Crippen LogP contribution in [0.1, 0.15) is 57.2 Å². The van der Waals surface area contributed by atoms with Gasteiger partial charge in [-0.15, -0.1) is 0 Å². The van der Waals surface area contributed by atoms with Gasteiger partial charge >= 0.3 is 0 Å². The molecule has 2 heterocycles. The highest BCUT2D eigenvalue weighted by Crippen LogP contribution is 2.18. The smallest absolute Gasteiger partial charge is 0.273 e. The zero-order valence-electron chi connectivity index (χ0n) is 15.8. The van der Waals surface area contributed by atoms with E-state index in [2.05, 4.69) is 4.98 Å². The molecule has 0 aromatic carbocycles. The number of pyridine rings is 1. The maximum Gasteiger partial charge on any atom is 0.273 e. The second kappa shape index (κ2) is 8.62. The molecule has 0 N–H and O–H groups in total. The molecule has 24 heavy (non-hydrogen) atoms. The Morgan fingerprint density at radius 3 is 2.42 bits per heavy atom. The third-order valence-electron chi connectivity index (χ3n) is 3.86. The van der Waals surface area contributed by atoms with Crippen LogP contribution in [0.2, 0.25) is 0 Å². The van der Waals surface area contributed by atoms with Crippen molar-refractivity contribution in [2.75, 3.05) is 7.05 Å². The molecule has 0 bridgehead atoms. The minimum Gasteiger partial charge on any atom is -0.330 e. The molecule has 0 saturated carbocycles. The maximum absolute atomic E-state index is 12.9. The highest BCUT2D eigenvalue weighted by molar-refractivity contribution is 5.97. The topological polar surface area (TPSA) is 54.7 Å². The number of aryl methyl sites for hydroxylation is 1. The molecule has 1 amide bonds. The molecule has 5 heteroatoms. The first kappa shape index (κ1) is 19.9. The van der Waals surface area contributed by atoms with E-state index >= 15 is 0 Å². The molecule has 1 atom stereocenters. The molecule has 132 valence electrons. The molecule has 0 aliphatic rings. The number of hydrogen-bond acceptors (Lipinski definition) is 3. The van der Waals surface area contributed by atoms with Gasteiger partial charge in [0, 0.05) is 13.2 Å². The van der Waals surface area contributed by atoms with Crippen LogP contribution in [0.25, 0.3) is 5.65 Å². The van der Waals surface area contributed by atoms with Crippen LogP contribution in [-0.2, 0) is 4.79 Å². The van der Waals surface area contributed by atoms with E-state index in [4.69, 9.17) is 0 Å². The third kappa shape index (κ3) is 4.22. The van der Waals surface area contributed by atoms with Crippen molar-refractivity contribution in [1.82, 2.24) is 14.3 Å². The summed E-state index contributed by atoms with van der Waals surface area (Å²) in [5.74, 6) is 0.181. The number of ketones is 1. The van der Waals surface area contributed by atoms with Crippen molar-refractivity contribution >= 4 is 17.3 Å². The molecule has 0 unspecified atom stereocenters. The molecule has 2 aromatic rings. The highest BCUT2D eigenvalue weighted by atomic mass is 16.2. The van der Waals surface area contributed by atoms with Crippen LogP contribution in [0.5, 0.6) is 0 Å². The lowest BCUT2D eigenvalue weighted by molar-refractivity contribution is -0.121. The number of carbonyl (C=O) groups excluding carboxylic acids is 2. The number of Topliss-reactive ketones (excluding diaryl/α,β-unsaturated/α-hetero) is 1. The van der Waals surface area contributed by atoms with Crippen LogP contribution >= 0.6 is 0 Å². The number of rotatable bonds is 5. The molecule has 0 aliphatic carbocycles. The van der Waals surface area contributed by atoms with Crippen LogP contribution in [0.4, 0.5) is 0 Å². The van der Waals surface area contributed by atoms with Crippen molar-refractivity contribution in [2.24, 2.45) is 5.92 Å². The number of nitrogens with zero attached hydrogens (tertiary/aromatic N) is 3. The van der Waals surface area contributed by atoms with Gasteiger partial charge in [-0.2, -0.15) is 0 Å². The van der Waals surface area contributed by atoms with E-state index in [0.717, 1.165) is 5.65 Å². The normalized spacial score (nSPS) is 11.8. The van der Waals surface area contributed by atoms with E-state index in [1.165, 1.54) is 6.92 Å².